The zero-order valence-corrected chi connectivity index (χ0v) is 15.5. The third kappa shape index (κ3) is 5.48. The molecule has 26 heavy (non-hydrogen) atoms. The molecule has 1 heterocycles. The SMILES string of the molecule is Cc1ccc(CC2(O)CCN(CCCOc3cccc(O)c3)CC2)cc1. The van der Waals surface area contributed by atoms with E-state index in [-0.39, 0.29) is 5.75 Å². The zero-order chi connectivity index (χ0) is 18.4. The molecule has 1 aliphatic heterocycles. The van der Waals surface area contributed by atoms with Gasteiger partial charge in [-0.1, -0.05) is 35.9 Å². The molecular formula is C22H29NO3. The minimum atomic E-state index is -0.580. The van der Waals surface area contributed by atoms with Crippen molar-refractivity contribution in [2.75, 3.05) is 26.2 Å². The largest absolute Gasteiger partial charge is 0.508 e. The second-order valence-corrected chi connectivity index (χ2v) is 7.43. The van der Waals surface area contributed by atoms with Gasteiger partial charge in [0.15, 0.2) is 0 Å². The average molecular weight is 355 g/mol. The second-order valence-electron chi connectivity index (χ2n) is 7.43. The van der Waals surface area contributed by atoms with Crippen LogP contribution in [0.1, 0.15) is 30.4 Å². The summed E-state index contributed by atoms with van der Waals surface area (Å²) in [5, 5.41) is 20.3. The van der Waals surface area contributed by atoms with Gasteiger partial charge in [-0.05, 0) is 43.9 Å². The molecule has 2 aromatic carbocycles. The summed E-state index contributed by atoms with van der Waals surface area (Å²) < 4.78 is 5.67. The molecule has 4 nitrogen and oxygen atoms in total. The van der Waals surface area contributed by atoms with Crippen LogP contribution in [0.15, 0.2) is 48.5 Å². The van der Waals surface area contributed by atoms with Crippen molar-refractivity contribution in [3.05, 3.63) is 59.7 Å². The van der Waals surface area contributed by atoms with E-state index in [1.54, 1.807) is 18.2 Å². The number of ether oxygens (including phenoxy) is 1. The number of rotatable bonds is 7. The number of aromatic hydroxyl groups is 1. The Morgan fingerprint density at radius 2 is 1.81 bits per heavy atom. The Kier molecular flexibility index (Phi) is 6.17. The number of phenols is 1. The van der Waals surface area contributed by atoms with E-state index in [0.29, 0.717) is 12.4 Å². The fourth-order valence-corrected chi connectivity index (χ4v) is 3.51. The highest BCUT2D eigenvalue weighted by Gasteiger charge is 2.32. The lowest BCUT2D eigenvalue weighted by molar-refractivity contribution is -0.0212. The lowest BCUT2D eigenvalue weighted by Crippen LogP contribution is -2.46. The maximum absolute atomic E-state index is 10.9. The molecule has 3 rings (SSSR count). The molecule has 140 valence electrons. The average Bonchev–Trinajstić information content (AvgIpc) is 2.62. The molecule has 0 spiro atoms. The number of piperidine rings is 1. The number of phenolic OH excluding ortho intramolecular Hbond substituents is 1. The summed E-state index contributed by atoms with van der Waals surface area (Å²) in [7, 11) is 0. The molecule has 1 fully saturated rings. The van der Waals surface area contributed by atoms with Crippen LogP contribution in [0.4, 0.5) is 0 Å². The summed E-state index contributed by atoms with van der Waals surface area (Å²) in [6.45, 7) is 5.54. The third-order valence-corrected chi connectivity index (χ3v) is 5.15. The number of hydrogen-bond acceptors (Lipinski definition) is 4. The quantitative estimate of drug-likeness (QED) is 0.746. The second kappa shape index (κ2) is 8.56. The number of aliphatic hydroxyl groups is 1. The predicted octanol–water partition coefficient (Wildman–Crippen LogP) is 3.54. The van der Waals surface area contributed by atoms with Crippen molar-refractivity contribution in [3.8, 4) is 11.5 Å². The molecule has 0 atom stereocenters. The van der Waals surface area contributed by atoms with Gasteiger partial charge in [0, 0.05) is 32.1 Å². The van der Waals surface area contributed by atoms with Crippen LogP contribution in [0.3, 0.4) is 0 Å². The van der Waals surface area contributed by atoms with Crippen LogP contribution in [0.5, 0.6) is 11.5 Å². The Labute approximate surface area is 156 Å². The smallest absolute Gasteiger partial charge is 0.122 e. The van der Waals surface area contributed by atoms with Crippen molar-refractivity contribution in [1.29, 1.82) is 0 Å². The summed E-state index contributed by atoms with van der Waals surface area (Å²) in [4.78, 5) is 2.40. The molecule has 0 amide bonds. The number of benzene rings is 2. The van der Waals surface area contributed by atoms with Gasteiger partial charge >= 0.3 is 0 Å². The van der Waals surface area contributed by atoms with Gasteiger partial charge in [0.1, 0.15) is 11.5 Å². The standard InChI is InChI=1S/C22H29NO3/c1-18-6-8-19(9-7-18)17-22(25)10-13-23(14-11-22)12-3-15-26-21-5-2-4-20(24)16-21/h2,4-9,16,24-25H,3,10-15,17H2,1H3. The monoisotopic (exact) mass is 355 g/mol. The first-order valence-corrected chi connectivity index (χ1v) is 9.45. The van der Waals surface area contributed by atoms with Crippen molar-refractivity contribution in [2.24, 2.45) is 0 Å². The Hall–Kier alpha value is -2.04. The first-order chi connectivity index (χ1) is 12.5. The lowest BCUT2D eigenvalue weighted by atomic mass is 9.85. The first-order valence-electron chi connectivity index (χ1n) is 9.45. The van der Waals surface area contributed by atoms with Crippen LogP contribution in [0.2, 0.25) is 0 Å². The Morgan fingerprint density at radius 3 is 2.50 bits per heavy atom. The molecule has 2 N–H and O–H groups in total. The summed E-state index contributed by atoms with van der Waals surface area (Å²) in [6, 6.07) is 15.4. The molecular weight excluding hydrogens is 326 g/mol. The van der Waals surface area contributed by atoms with Crippen molar-refractivity contribution < 1.29 is 14.9 Å². The minimum absolute atomic E-state index is 0.228. The maximum atomic E-state index is 10.9. The predicted molar refractivity (Wildman–Crippen MR) is 104 cm³/mol. The van der Waals surface area contributed by atoms with Crippen molar-refractivity contribution in [2.45, 2.75) is 38.2 Å². The zero-order valence-electron chi connectivity index (χ0n) is 15.5. The molecule has 0 unspecified atom stereocenters. The van der Waals surface area contributed by atoms with Crippen LogP contribution in [-0.4, -0.2) is 47.0 Å². The Balaban J connectivity index is 1.37. The van der Waals surface area contributed by atoms with Crippen LogP contribution >= 0.6 is 0 Å². The summed E-state index contributed by atoms with van der Waals surface area (Å²) in [6.07, 6.45) is 3.30. The highest BCUT2D eigenvalue weighted by Crippen LogP contribution is 2.26. The minimum Gasteiger partial charge on any atom is -0.508 e. The normalized spacial score (nSPS) is 17.2. The van der Waals surface area contributed by atoms with Gasteiger partial charge in [-0.15, -0.1) is 0 Å². The fourth-order valence-electron chi connectivity index (χ4n) is 3.51. The van der Waals surface area contributed by atoms with Crippen LogP contribution in [0, 0.1) is 6.92 Å². The Bertz CT molecular complexity index is 691. The molecule has 0 aliphatic carbocycles. The molecule has 1 saturated heterocycles. The van der Waals surface area contributed by atoms with Crippen molar-refractivity contribution in [1.82, 2.24) is 4.90 Å². The van der Waals surface area contributed by atoms with E-state index in [1.165, 1.54) is 11.1 Å². The van der Waals surface area contributed by atoms with Crippen LogP contribution in [0.25, 0.3) is 0 Å². The number of aryl methyl sites for hydroxylation is 1. The van der Waals surface area contributed by atoms with E-state index in [9.17, 15) is 10.2 Å². The van der Waals surface area contributed by atoms with E-state index in [2.05, 4.69) is 36.1 Å². The van der Waals surface area contributed by atoms with Gasteiger partial charge in [0.2, 0.25) is 0 Å². The fraction of sp³-hybridized carbons (Fsp3) is 0.455. The van der Waals surface area contributed by atoms with E-state index >= 15 is 0 Å². The lowest BCUT2D eigenvalue weighted by Gasteiger charge is -2.38. The molecule has 0 aromatic heterocycles. The molecule has 2 aromatic rings. The van der Waals surface area contributed by atoms with E-state index in [0.717, 1.165) is 45.3 Å². The summed E-state index contributed by atoms with van der Waals surface area (Å²) in [5.74, 6) is 0.933. The van der Waals surface area contributed by atoms with E-state index in [1.807, 2.05) is 6.07 Å². The van der Waals surface area contributed by atoms with Crippen molar-refractivity contribution >= 4 is 0 Å². The Morgan fingerprint density at radius 1 is 1.08 bits per heavy atom. The highest BCUT2D eigenvalue weighted by molar-refractivity contribution is 5.31. The number of hydrogen-bond donors (Lipinski definition) is 2. The highest BCUT2D eigenvalue weighted by atomic mass is 16.5. The van der Waals surface area contributed by atoms with Crippen LogP contribution < -0.4 is 4.74 Å². The third-order valence-electron chi connectivity index (χ3n) is 5.15. The van der Waals surface area contributed by atoms with E-state index < -0.39 is 5.60 Å². The molecule has 0 bridgehead atoms. The van der Waals surface area contributed by atoms with Gasteiger partial charge in [-0.3, -0.25) is 0 Å². The van der Waals surface area contributed by atoms with E-state index in [4.69, 9.17) is 4.74 Å². The summed E-state index contributed by atoms with van der Waals surface area (Å²) in [5.41, 5.74) is 1.89. The molecule has 4 heteroatoms. The number of nitrogens with zero attached hydrogens (tertiary/aromatic N) is 1. The van der Waals surface area contributed by atoms with Crippen LogP contribution in [-0.2, 0) is 6.42 Å². The summed E-state index contributed by atoms with van der Waals surface area (Å²) >= 11 is 0. The van der Waals surface area contributed by atoms with Crippen molar-refractivity contribution in [3.63, 3.8) is 0 Å². The topological polar surface area (TPSA) is 52.9 Å². The van der Waals surface area contributed by atoms with Gasteiger partial charge in [-0.25, -0.2) is 0 Å². The molecule has 0 radical (unpaired) electrons. The molecule has 1 aliphatic rings. The molecule has 0 saturated carbocycles. The first kappa shape index (κ1) is 18.7. The van der Waals surface area contributed by atoms with Gasteiger partial charge < -0.3 is 19.8 Å². The van der Waals surface area contributed by atoms with Gasteiger partial charge in [0.05, 0.1) is 12.2 Å². The van der Waals surface area contributed by atoms with Gasteiger partial charge in [-0.2, -0.15) is 0 Å². The maximum Gasteiger partial charge on any atom is 0.122 e. The van der Waals surface area contributed by atoms with Gasteiger partial charge in [0.25, 0.3) is 0 Å². The number of likely N-dealkylation sites (tertiary alicyclic amines) is 1.